The Morgan fingerprint density at radius 3 is 3.00 bits per heavy atom. The van der Waals surface area contributed by atoms with Crippen molar-refractivity contribution in [1.82, 2.24) is 9.88 Å². The van der Waals surface area contributed by atoms with Gasteiger partial charge in [0.1, 0.15) is 11.5 Å². The first-order valence-corrected chi connectivity index (χ1v) is 9.13. The maximum Gasteiger partial charge on any atom is 0.118 e. The summed E-state index contributed by atoms with van der Waals surface area (Å²) in [6.07, 6.45) is 6.14. The van der Waals surface area contributed by atoms with E-state index in [-0.39, 0.29) is 12.2 Å². The van der Waals surface area contributed by atoms with Gasteiger partial charge in [0, 0.05) is 25.0 Å². The van der Waals surface area contributed by atoms with Crippen molar-refractivity contribution in [2.24, 2.45) is 0 Å². The summed E-state index contributed by atoms with van der Waals surface area (Å²) in [5.74, 6) is 2.04. The lowest BCUT2D eigenvalue weighted by atomic mass is 10.1. The molecule has 1 saturated heterocycles. The maximum atomic E-state index is 6.30. The third-order valence-electron chi connectivity index (χ3n) is 5.41. The molecule has 2 fully saturated rings. The fourth-order valence-electron chi connectivity index (χ4n) is 3.99. The average molecular weight is 342 g/mol. The first-order chi connectivity index (χ1) is 12.2. The SMILES string of the molecule is Cc1cc(CN2CCOC3CCC2C3OCc2cccnc2)oc1C. The molecular formula is C20H26N2O3. The van der Waals surface area contributed by atoms with Crippen LogP contribution in [0.3, 0.4) is 0 Å². The van der Waals surface area contributed by atoms with Crippen LogP contribution in [0.15, 0.2) is 35.0 Å². The number of aromatic nitrogens is 1. The number of hydrogen-bond donors (Lipinski definition) is 0. The van der Waals surface area contributed by atoms with Gasteiger partial charge in [-0.15, -0.1) is 0 Å². The van der Waals surface area contributed by atoms with Crippen LogP contribution in [-0.4, -0.2) is 41.3 Å². The lowest BCUT2D eigenvalue weighted by molar-refractivity contribution is -0.0616. The summed E-state index contributed by atoms with van der Waals surface area (Å²) >= 11 is 0. The Bertz CT molecular complexity index is 681. The van der Waals surface area contributed by atoms with Gasteiger partial charge in [-0.3, -0.25) is 9.88 Å². The van der Waals surface area contributed by atoms with Crippen LogP contribution < -0.4 is 0 Å². The quantitative estimate of drug-likeness (QED) is 0.835. The van der Waals surface area contributed by atoms with E-state index in [1.54, 1.807) is 6.20 Å². The van der Waals surface area contributed by atoms with Crippen molar-refractivity contribution in [1.29, 1.82) is 0 Å². The minimum Gasteiger partial charge on any atom is -0.465 e. The van der Waals surface area contributed by atoms with E-state index in [0.29, 0.717) is 12.6 Å². The molecule has 0 spiro atoms. The largest absolute Gasteiger partial charge is 0.465 e. The van der Waals surface area contributed by atoms with Gasteiger partial charge < -0.3 is 13.9 Å². The number of nitrogens with zero attached hydrogens (tertiary/aromatic N) is 2. The minimum atomic E-state index is 0.111. The van der Waals surface area contributed by atoms with Crippen LogP contribution in [0.1, 0.15) is 35.5 Å². The second-order valence-electron chi connectivity index (χ2n) is 7.11. The Balaban J connectivity index is 1.46. The minimum absolute atomic E-state index is 0.111. The molecule has 3 unspecified atom stereocenters. The van der Waals surface area contributed by atoms with E-state index >= 15 is 0 Å². The lowest BCUT2D eigenvalue weighted by Crippen LogP contribution is -2.42. The van der Waals surface area contributed by atoms with Crippen LogP contribution in [0.4, 0.5) is 0 Å². The van der Waals surface area contributed by atoms with Crippen molar-refractivity contribution in [3.05, 3.63) is 53.2 Å². The van der Waals surface area contributed by atoms with Gasteiger partial charge in [-0.2, -0.15) is 0 Å². The molecule has 1 aliphatic carbocycles. The molecule has 4 rings (SSSR count). The molecule has 25 heavy (non-hydrogen) atoms. The standard InChI is InChI=1S/C20H26N2O3/c1-14-10-17(25-15(14)2)12-22-8-9-23-19-6-5-18(22)20(19)24-13-16-4-3-7-21-11-16/h3-4,7,10-11,18-20H,5-6,8-9,12-13H2,1-2H3. The molecule has 0 N–H and O–H groups in total. The molecule has 0 radical (unpaired) electrons. The van der Waals surface area contributed by atoms with E-state index in [9.17, 15) is 0 Å². The maximum absolute atomic E-state index is 6.30. The van der Waals surface area contributed by atoms with Gasteiger partial charge in [-0.25, -0.2) is 0 Å². The number of hydrogen-bond acceptors (Lipinski definition) is 5. The molecule has 1 saturated carbocycles. The summed E-state index contributed by atoms with van der Waals surface area (Å²) in [7, 11) is 0. The Morgan fingerprint density at radius 2 is 2.24 bits per heavy atom. The van der Waals surface area contributed by atoms with Crippen molar-refractivity contribution < 1.29 is 13.9 Å². The predicted molar refractivity (Wildman–Crippen MR) is 94.2 cm³/mol. The van der Waals surface area contributed by atoms with Crippen LogP contribution in [0.2, 0.25) is 0 Å². The number of ether oxygens (including phenoxy) is 2. The summed E-state index contributed by atoms with van der Waals surface area (Å²) in [5, 5.41) is 0. The van der Waals surface area contributed by atoms with Crippen molar-refractivity contribution in [3.63, 3.8) is 0 Å². The molecule has 2 bridgehead atoms. The van der Waals surface area contributed by atoms with E-state index in [1.165, 1.54) is 5.56 Å². The summed E-state index contributed by atoms with van der Waals surface area (Å²) in [4.78, 5) is 6.64. The zero-order valence-corrected chi connectivity index (χ0v) is 15.0. The van der Waals surface area contributed by atoms with Gasteiger partial charge in [0.15, 0.2) is 0 Å². The Hall–Kier alpha value is -1.69. The topological polar surface area (TPSA) is 47.7 Å². The molecule has 3 atom stereocenters. The fraction of sp³-hybridized carbons (Fsp3) is 0.550. The van der Waals surface area contributed by atoms with Gasteiger partial charge >= 0.3 is 0 Å². The highest BCUT2D eigenvalue weighted by Gasteiger charge is 2.43. The van der Waals surface area contributed by atoms with Crippen molar-refractivity contribution in [2.45, 2.75) is 58.1 Å². The molecule has 5 nitrogen and oxygen atoms in total. The van der Waals surface area contributed by atoms with Crippen LogP contribution in [0, 0.1) is 13.8 Å². The molecule has 0 amide bonds. The van der Waals surface area contributed by atoms with E-state index in [4.69, 9.17) is 13.9 Å². The third kappa shape index (κ3) is 3.64. The second-order valence-corrected chi connectivity index (χ2v) is 7.11. The summed E-state index contributed by atoms with van der Waals surface area (Å²) in [6.45, 7) is 7.21. The molecular weight excluding hydrogens is 316 g/mol. The van der Waals surface area contributed by atoms with E-state index in [1.807, 2.05) is 19.2 Å². The number of rotatable bonds is 5. The fourth-order valence-corrected chi connectivity index (χ4v) is 3.99. The van der Waals surface area contributed by atoms with Crippen LogP contribution in [0.5, 0.6) is 0 Å². The first-order valence-electron chi connectivity index (χ1n) is 9.13. The predicted octanol–water partition coefficient (Wildman–Crippen LogP) is 3.24. The normalized spacial score (nSPS) is 26.7. The first kappa shape index (κ1) is 16.8. The molecule has 5 heteroatoms. The highest BCUT2D eigenvalue weighted by Crippen LogP contribution is 2.33. The monoisotopic (exact) mass is 342 g/mol. The van der Waals surface area contributed by atoms with Gasteiger partial charge in [0.2, 0.25) is 0 Å². The Morgan fingerprint density at radius 1 is 1.32 bits per heavy atom. The van der Waals surface area contributed by atoms with E-state index in [0.717, 1.165) is 49.6 Å². The molecule has 2 aromatic heterocycles. The molecule has 1 aliphatic heterocycles. The number of furan rings is 1. The van der Waals surface area contributed by atoms with Crippen molar-refractivity contribution in [2.75, 3.05) is 13.2 Å². The molecule has 0 aromatic carbocycles. The second kappa shape index (κ2) is 7.28. The smallest absolute Gasteiger partial charge is 0.118 e. The number of pyridine rings is 1. The molecule has 2 aromatic rings. The lowest BCUT2D eigenvalue weighted by Gasteiger charge is -2.30. The molecule has 2 aliphatic rings. The van der Waals surface area contributed by atoms with Crippen LogP contribution in [0.25, 0.3) is 0 Å². The van der Waals surface area contributed by atoms with Crippen molar-refractivity contribution in [3.8, 4) is 0 Å². The third-order valence-corrected chi connectivity index (χ3v) is 5.41. The van der Waals surface area contributed by atoms with Crippen LogP contribution >= 0.6 is 0 Å². The van der Waals surface area contributed by atoms with E-state index < -0.39 is 0 Å². The summed E-state index contributed by atoms with van der Waals surface area (Å²) < 4.78 is 18.3. The average Bonchev–Trinajstić information content (AvgIpc) is 3.09. The van der Waals surface area contributed by atoms with Crippen molar-refractivity contribution >= 4 is 0 Å². The zero-order valence-electron chi connectivity index (χ0n) is 15.0. The van der Waals surface area contributed by atoms with Gasteiger partial charge in [-0.05, 0) is 49.9 Å². The molecule has 3 heterocycles. The zero-order chi connectivity index (χ0) is 17.2. The van der Waals surface area contributed by atoms with Gasteiger partial charge in [0.25, 0.3) is 0 Å². The molecule has 134 valence electrons. The number of fused-ring (bicyclic) bond motifs is 2. The Kier molecular flexibility index (Phi) is 4.88. The Labute approximate surface area is 148 Å². The summed E-state index contributed by atoms with van der Waals surface area (Å²) in [6, 6.07) is 6.54. The van der Waals surface area contributed by atoms with Crippen LogP contribution in [-0.2, 0) is 22.6 Å². The number of aryl methyl sites for hydroxylation is 2. The highest BCUT2D eigenvalue weighted by atomic mass is 16.5. The summed E-state index contributed by atoms with van der Waals surface area (Å²) in [5.41, 5.74) is 2.32. The van der Waals surface area contributed by atoms with Gasteiger partial charge in [0.05, 0.1) is 32.0 Å². The van der Waals surface area contributed by atoms with Gasteiger partial charge in [-0.1, -0.05) is 6.07 Å². The van der Waals surface area contributed by atoms with E-state index in [2.05, 4.69) is 28.9 Å². The highest BCUT2D eigenvalue weighted by molar-refractivity contribution is 5.19.